The van der Waals surface area contributed by atoms with Crippen LogP contribution in [0.15, 0.2) is 24.3 Å². The number of nitrogens with one attached hydrogen (secondary N) is 1. The minimum absolute atomic E-state index is 0. The van der Waals surface area contributed by atoms with Crippen molar-refractivity contribution in [2.75, 3.05) is 0 Å². The predicted molar refractivity (Wildman–Crippen MR) is 77.8 cm³/mol. The van der Waals surface area contributed by atoms with Crippen molar-refractivity contribution in [3.05, 3.63) is 35.4 Å². The molecule has 0 aromatic heterocycles. The molecule has 0 heterocycles. The van der Waals surface area contributed by atoms with Crippen LogP contribution in [0.25, 0.3) is 0 Å². The highest BCUT2D eigenvalue weighted by molar-refractivity contribution is 5.85. The molecule has 3 nitrogen and oxygen atoms in total. The lowest BCUT2D eigenvalue weighted by atomic mass is 10.0. The van der Waals surface area contributed by atoms with Crippen molar-refractivity contribution in [1.29, 1.82) is 0 Å². The summed E-state index contributed by atoms with van der Waals surface area (Å²) >= 11 is 0. The smallest absolute Gasteiger partial charge is 0.237 e. The first-order valence-corrected chi connectivity index (χ1v) is 6.04. The van der Waals surface area contributed by atoms with Gasteiger partial charge in [0.1, 0.15) is 0 Å². The number of carbonyl (C=O) groups is 1. The molecule has 0 radical (unpaired) electrons. The molecule has 0 spiro atoms. The highest BCUT2D eigenvalue weighted by Crippen LogP contribution is 2.13. The first kappa shape index (κ1) is 16.9. The lowest BCUT2D eigenvalue weighted by Crippen LogP contribution is -2.44. The van der Waals surface area contributed by atoms with E-state index in [2.05, 4.69) is 5.32 Å². The number of carbonyl (C=O) groups excluding carboxylic acids is 1. The van der Waals surface area contributed by atoms with Gasteiger partial charge >= 0.3 is 0 Å². The van der Waals surface area contributed by atoms with E-state index in [1.165, 1.54) is 5.56 Å². The molecule has 0 saturated carbocycles. The molecule has 0 saturated heterocycles. The van der Waals surface area contributed by atoms with Gasteiger partial charge in [-0.15, -0.1) is 12.4 Å². The van der Waals surface area contributed by atoms with Crippen LogP contribution < -0.4 is 11.1 Å². The zero-order valence-electron chi connectivity index (χ0n) is 11.4. The number of rotatable bonds is 4. The SMILES string of the molecule is Cc1ccc(C(C)NC(=O)C(N)C(C)C)cc1.Cl. The molecule has 3 N–H and O–H groups in total. The van der Waals surface area contributed by atoms with Gasteiger partial charge in [0.25, 0.3) is 0 Å². The summed E-state index contributed by atoms with van der Waals surface area (Å²) in [6, 6.07) is 7.69. The average Bonchev–Trinajstić information content (AvgIpc) is 2.28. The van der Waals surface area contributed by atoms with Crippen LogP contribution in [0.5, 0.6) is 0 Å². The maximum Gasteiger partial charge on any atom is 0.237 e. The van der Waals surface area contributed by atoms with Gasteiger partial charge in [-0.25, -0.2) is 0 Å². The van der Waals surface area contributed by atoms with Gasteiger partial charge < -0.3 is 11.1 Å². The van der Waals surface area contributed by atoms with Crippen molar-refractivity contribution in [2.24, 2.45) is 11.7 Å². The second kappa shape index (κ2) is 7.39. The number of aryl methyl sites for hydroxylation is 1. The van der Waals surface area contributed by atoms with Gasteiger partial charge in [-0.3, -0.25) is 4.79 Å². The fraction of sp³-hybridized carbons (Fsp3) is 0.500. The molecular formula is C14H23ClN2O. The van der Waals surface area contributed by atoms with Crippen molar-refractivity contribution in [3.63, 3.8) is 0 Å². The molecule has 1 amide bonds. The second-order valence-corrected chi connectivity index (χ2v) is 4.91. The van der Waals surface area contributed by atoms with Gasteiger partial charge in [0.2, 0.25) is 5.91 Å². The molecule has 0 aliphatic heterocycles. The van der Waals surface area contributed by atoms with E-state index in [-0.39, 0.29) is 30.3 Å². The summed E-state index contributed by atoms with van der Waals surface area (Å²) in [5.74, 6) is 0.0632. The average molecular weight is 271 g/mol. The molecule has 0 aliphatic rings. The predicted octanol–water partition coefficient (Wildman–Crippen LogP) is 2.58. The van der Waals surface area contributed by atoms with E-state index < -0.39 is 6.04 Å². The van der Waals surface area contributed by atoms with E-state index in [9.17, 15) is 4.79 Å². The Morgan fingerprint density at radius 3 is 2.11 bits per heavy atom. The van der Waals surface area contributed by atoms with E-state index >= 15 is 0 Å². The Bertz CT molecular complexity index is 376. The lowest BCUT2D eigenvalue weighted by molar-refractivity contribution is -0.123. The van der Waals surface area contributed by atoms with Gasteiger partial charge in [0.15, 0.2) is 0 Å². The number of nitrogens with two attached hydrogens (primary N) is 1. The van der Waals surface area contributed by atoms with E-state index in [0.29, 0.717) is 0 Å². The van der Waals surface area contributed by atoms with Crippen molar-refractivity contribution in [3.8, 4) is 0 Å². The number of halogens is 1. The van der Waals surface area contributed by atoms with Crippen LogP contribution in [0.4, 0.5) is 0 Å². The number of amides is 1. The molecule has 1 aromatic rings. The van der Waals surface area contributed by atoms with Gasteiger partial charge in [-0.05, 0) is 25.3 Å². The Morgan fingerprint density at radius 2 is 1.67 bits per heavy atom. The second-order valence-electron chi connectivity index (χ2n) is 4.91. The maximum absolute atomic E-state index is 11.8. The molecule has 0 aliphatic carbocycles. The van der Waals surface area contributed by atoms with Crippen LogP contribution in [0, 0.1) is 12.8 Å². The van der Waals surface area contributed by atoms with Crippen molar-refractivity contribution in [1.82, 2.24) is 5.32 Å². The summed E-state index contributed by atoms with van der Waals surface area (Å²) < 4.78 is 0. The molecule has 2 atom stereocenters. The number of benzene rings is 1. The molecule has 0 fully saturated rings. The Kier molecular flexibility index (Phi) is 6.96. The fourth-order valence-corrected chi connectivity index (χ4v) is 1.55. The van der Waals surface area contributed by atoms with Crippen molar-refractivity contribution in [2.45, 2.75) is 39.8 Å². The molecule has 18 heavy (non-hydrogen) atoms. The Balaban J connectivity index is 0.00000289. The lowest BCUT2D eigenvalue weighted by Gasteiger charge is -2.20. The zero-order valence-corrected chi connectivity index (χ0v) is 12.3. The highest BCUT2D eigenvalue weighted by atomic mass is 35.5. The van der Waals surface area contributed by atoms with Crippen molar-refractivity contribution < 1.29 is 4.79 Å². The van der Waals surface area contributed by atoms with Gasteiger partial charge in [-0.2, -0.15) is 0 Å². The van der Waals surface area contributed by atoms with E-state index in [4.69, 9.17) is 5.73 Å². The van der Waals surface area contributed by atoms with Crippen LogP contribution in [0.3, 0.4) is 0 Å². The summed E-state index contributed by atoms with van der Waals surface area (Å²) in [6.45, 7) is 7.90. The maximum atomic E-state index is 11.8. The summed E-state index contributed by atoms with van der Waals surface area (Å²) in [5.41, 5.74) is 8.11. The quantitative estimate of drug-likeness (QED) is 0.884. The number of hydrogen-bond donors (Lipinski definition) is 2. The molecule has 4 heteroatoms. The topological polar surface area (TPSA) is 55.1 Å². The van der Waals surface area contributed by atoms with E-state index in [1.807, 2.05) is 52.0 Å². The standard InChI is InChI=1S/C14H22N2O.ClH/c1-9(2)13(15)14(17)16-11(4)12-7-5-10(3)6-8-12;/h5-9,11,13H,15H2,1-4H3,(H,16,17);1H. The van der Waals surface area contributed by atoms with Gasteiger partial charge in [0.05, 0.1) is 12.1 Å². The monoisotopic (exact) mass is 270 g/mol. The first-order chi connectivity index (χ1) is 7.91. The largest absolute Gasteiger partial charge is 0.348 e. The van der Waals surface area contributed by atoms with Crippen LogP contribution in [0.2, 0.25) is 0 Å². The molecule has 0 bridgehead atoms. The molecule has 2 unspecified atom stereocenters. The Hall–Kier alpha value is -1.06. The van der Waals surface area contributed by atoms with E-state index in [1.54, 1.807) is 0 Å². The first-order valence-electron chi connectivity index (χ1n) is 6.04. The third-order valence-electron chi connectivity index (χ3n) is 2.96. The van der Waals surface area contributed by atoms with Gasteiger partial charge in [0, 0.05) is 0 Å². The summed E-state index contributed by atoms with van der Waals surface area (Å²) in [4.78, 5) is 11.8. The fourth-order valence-electron chi connectivity index (χ4n) is 1.55. The summed E-state index contributed by atoms with van der Waals surface area (Å²) in [7, 11) is 0. The van der Waals surface area contributed by atoms with Crippen LogP contribution in [0.1, 0.15) is 37.9 Å². The highest BCUT2D eigenvalue weighted by Gasteiger charge is 2.19. The van der Waals surface area contributed by atoms with Gasteiger partial charge in [-0.1, -0.05) is 43.7 Å². The third-order valence-corrected chi connectivity index (χ3v) is 2.96. The minimum atomic E-state index is -0.442. The zero-order chi connectivity index (χ0) is 13.0. The molecule has 1 aromatic carbocycles. The summed E-state index contributed by atoms with van der Waals surface area (Å²) in [5, 5.41) is 2.93. The Morgan fingerprint density at radius 1 is 1.17 bits per heavy atom. The summed E-state index contributed by atoms with van der Waals surface area (Å²) in [6.07, 6.45) is 0. The molecule has 102 valence electrons. The molecule has 1 rings (SSSR count). The van der Waals surface area contributed by atoms with E-state index in [0.717, 1.165) is 5.56 Å². The van der Waals surface area contributed by atoms with Crippen LogP contribution in [-0.4, -0.2) is 11.9 Å². The Labute approximate surface area is 116 Å². The molecular weight excluding hydrogens is 248 g/mol. The minimum Gasteiger partial charge on any atom is -0.348 e. The van der Waals surface area contributed by atoms with Crippen LogP contribution in [-0.2, 0) is 4.79 Å². The normalized spacial score (nSPS) is 13.7. The van der Waals surface area contributed by atoms with Crippen LogP contribution >= 0.6 is 12.4 Å². The van der Waals surface area contributed by atoms with Crippen molar-refractivity contribution >= 4 is 18.3 Å². The number of hydrogen-bond acceptors (Lipinski definition) is 2. The third kappa shape index (κ3) is 4.67.